The number of nitrogens with zero attached hydrogens (tertiary/aromatic N) is 2. The minimum Gasteiger partial charge on any atom is -0.454 e. The molecule has 3 nitrogen and oxygen atoms in total. The Morgan fingerprint density at radius 2 is 1.16 bits per heavy atom. The summed E-state index contributed by atoms with van der Waals surface area (Å²) in [6.07, 6.45) is 4.75. The van der Waals surface area contributed by atoms with Crippen LogP contribution < -0.4 is 15.1 Å². The summed E-state index contributed by atoms with van der Waals surface area (Å²) in [5.74, 6) is 0. The lowest BCUT2D eigenvalue weighted by Gasteiger charge is -2.44. The quantitative estimate of drug-likeness (QED) is 0.162. The standard InChI is InChI=1S/C58H55BN2OS/c1-32-16-11-12-17-35(32)34-27-39-36-19-15-20-38-50(36)61(51-37-18-13-14-21-47(37)62-53(38)51)59-49(39)46(28-34)60(45-30-43-41(26-33(45)2)55(3,4)22-24-57(43,7)8)52-40-29-42-44(31-48(40)63-54(52)59)58(9,10)25-23-56(42,5)6/h11-21,26-31H,22-25H2,1-10H3. The van der Waals surface area contributed by atoms with Crippen molar-refractivity contribution in [3.8, 4) is 22.3 Å². The van der Waals surface area contributed by atoms with Gasteiger partial charge in [0.05, 0.1) is 11.2 Å². The Labute approximate surface area is 375 Å². The first-order valence-electron chi connectivity index (χ1n) is 23.3. The maximum Gasteiger partial charge on any atom is 0.343 e. The zero-order valence-corrected chi connectivity index (χ0v) is 39.2. The Balaban J connectivity index is 1.23. The fourth-order valence-electron chi connectivity index (χ4n) is 12.7. The van der Waals surface area contributed by atoms with E-state index in [-0.39, 0.29) is 28.5 Å². The van der Waals surface area contributed by atoms with Crippen molar-refractivity contribution in [1.82, 2.24) is 4.48 Å². The highest BCUT2D eigenvalue weighted by Crippen LogP contribution is 2.56. The molecule has 0 radical (unpaired) electrons. The van der Waals surface area contributed by atoms with Crippen molar-refractivity contribution in [2.45, 2.75) is 117 Å². The molecule has 0 fully saturated rings. The molecule has 0 saturated heterocycles. The lowest BCUT2D eigenvalue weighted by molar-refractivity contribution is 0.332. The maximum atomic E-state index is 6.91. The van der Waals surface area contributed by atoms with Gasteiger partial charge in [0.15, 0.2) is 5.58 Å². The Morgan fingerprint density at radius 1 is 0.540 bits per heavy atom. The Bertz CT molecular complexity index is 3510. The lowest BCUT2D eigenvalue weighted by Crippen LogP contribution is -2.55. The Morgan fingerprint density at radius 3 is 1.89 bits per heavy atom. The van der Waals surface area contributed by atoms with Crippen molar-refractivity contribution in [3.05, 3.63) is 137 Å². The van der Waals surface area contributed by atoms with Gasteiger partial charge in [0.2, 0.25) is 0 Å². The third kappa shape index (κ3) is 4.93. The van der Waals surface area contributed by atoms with Crippen LogP contribution in [0, 0.1) is 13.8 Å². The van der Waals surface area contributed by atoms with Crippen molar-refractivity contribution in [3.63, 3.8) is 0 Å². The van der Waals surface area contributed by atoms with Crippen LogP contribution in [0.4, 0.5) is 17.1 Å². The molecule has 6 aromatic carbocycles. The molecule has 2 aliphatic heterocycles. The molecule has 63 heavy (non-hydrogen) atoms. The van der Waals surface area contributed by atoms with E-state index in [0.717, 1.165) is 11.2 Å². The number of furan rings is 1. The number of rotatable bonds is 2. The van der Waals surface area contributed by atoms with Gasteiger partial charge in [-0.2, -0.15) is 0 Å². The molecular weight excluding hydrogens is 784 g/mol. The highest BCUT2D eigenvalue weighted by atomic mass is 32.1. The van der Waals surface area contributed by atoms with Gasteiger partial charge in [-0.1, -0.05) is 110 Å². The van der Waals surface area contributed by atoms with Crippen LogP contribution in [0.5, 0.6) is 0 Å². The number of fused-ring (bicyclic) bond motifs is 13. The number of hydrogen-bond donors (Lipinski definition) is 0. The monoisotopic (exact) mass is 838 g/mol. The molecule has 2 aliphatic carbocycles. The van der Waals surface area contributed by atoms with Crippen LogP contribution in [0.25, 0.3) is 65.3 Å². The fraction of sp³-hybridized carbons (Fsp3) is 0.310. The smallest absolute Gasteiger partial charge is 0.343 e. The minimum absolute atomic E-state index is 0.0492. The number of para-hydroxylation sites is 2. The zero-order chi connectivity index (χ0) is 43.3. The third-order valence-corrected chi connectivity index (χ3v) is 17.7. The Kier molecular flexibility index (Phi) is 7.34. The summed E-state index contributed by atoms with van der Waals surface area (Å²) >= 11 is 2.03. The van der Waals surface area contributed by atoms with Gasteiger partial charge in [-0.05, 0) is 165 Å². The van der Waals surface area contributed by atoms with Crippen molar-refractivity contribution in [1.29, 1.82) is 0 Å². The molecule has 0 atom stereocenters. The zero-order valence-electron chi connectivity index (χ0n) is 38.4. The van der Waals surface area contributed by atoms with Crippen molar-refractivity contribution in [2.75, 3.05) is 4.90 Å². The number of aryl methyl sites for hydroxylation is 2. The van der Waals surface area contributed by atoms with E-state index in [1.807, 2.05) is 11.3 Å². The minimum atomic E-state index is -0.0492. The molecule has 312 valence electrons. The second kappa shape index (κ2) is 12.2. The van der Waals surface area contributed by atoms with Gasteiger partial charge in [-0.25, -0.2) is 0 Å². The van der Waals surface area contributed by atoms with Gasteiger partial charge in [0, 0.05) is 48.1 Å². The van der Waals surface area contributed by atoms with E-state index in [0.29, 0.717) is 0 Å². The summed E-state index contributed by atoms with van der Waals surface area (Å²) in [6.45, 7) is 24.4. The molecule has 5 heterocycles. The van der Waals surface area contributed by atoms with Gasteiger partial charge in [-0.3, -0.25) is 0 Å². The molecule has 0 spiro atoms. The van der Waals surface area contributed by atoms with Crippen LogP contribution in [0.3, 0.4) is 0 Å². The van der Waals surface area contributed by atoms with Crippen molar-refractivity contribution in [2.24, 2.45) is 0 Å². The summed E-state index contributed by atoms with van der Waals surface area (Å²) in [7, 11) is 0. The largest absolute Gasteiger partial charge is 0.454 e. The molecule has 13 rings (SSSR count). The molecule has 0 amide bonds. The van der Waals surface area contributed by atoms with Gasteiger partial charge < -0.3 is 13.8 Å². The predicted molar refractivity (Wildman–Crippen MR) is 271 cm³/mol. The van der Waals surface area contributed by atoms with Gasteiger partial charge in [0.1, 0.15) is 5.58 Å². The van der Waals surface area contributed by atoms with E-state index >= 15 is 0 Å². The van der Waals surface area contributed by atoms with Gasteiger partial charge in [-0.15, -0.1) is 11.3 Å². The van der Waals surface area contributed by atoms with E-state index in [4.69, 9.17) is 4.42 Å². The average molecular weight is 839 g/mol. The van der Waals surface area contributed by atoms with E-state index in [9.17, 15) is 0 Å². The molecule has 5 heteroatoms. The Hall–Kier alpha value is -5.52. The molecular formula is C58H55BN2OS. The first-order chi connectivity index (χ1) is 30.0. The van der Waals surface area contributed by atoms with E-state index in [2.05, 4.69) is 182 Å². The highest BCUT2D eigenvalue weighted by molar-refractivity contribution is 7.32. The third-order valence-electron chi connectivity index (χ3n) is 16.6. The number of benzene rings is 6. The summed E-state index contributed by atoms with van der Waals surface area (Å²) in [4.78, 5) is 2.76. The lowest BCUT2D eigenvalue weighted by atomic mass is 9.48. The molecule has 0 bridgehead atoms. The van der Waals surface area contributed by atoms with Crippen LogP contribution in [0.1, 0.15) is 114 Å². The SMILES string of the molecule is Cc1ccccc1-c1cc2c3c(c1)N(c1cc4c(cc1C)C(C)(C)CCC4(C)C)c1c(sc4cc5c(cc14)C(C)(C)CCC5(C)C)B3n1c3c-2cccc3c2oc3ccccc3c21. The summed E-state index contributed by atoms with van der Waals surface area (Å²) in [6, 6.07) is 40.1. The number of aromatic nitrogens is 1. The van der Waals surface area contributed by atoms with Crippen LogP contribution >= 0.6 is 11.3 Å². The first kappa shape index (κ1) is 38.0. The number of anilines is 3. The highest BCUT2D eigenvalue weighted by Gasteiger charge is 2.48. The number of thiophene rings is 1. The molecule has 4 aliphatic rings. The first-order valence-corrected chi connectivity index (χ1v) is 24.1. The van der Waals surface area contributed by atoms with Crippen molar-refractivity contribution >= 4 is 88.5 Å². The second-order valence-electron chi connectivity index (χ2n) is 22.3. The molecule has 9 aromatic rings. The molecule has 3 aromatic heterocycles. The fourth-order valence-corrected chi connectivity index (χ4v) is 14.0. The normalized spacial score (nSPS) is 18.5. The topological polar surface area (TPSA) is 21.3 Å². The number of hydrogen-bond acceptors (Lipinski definition) is 3. The maximum absolute atomic E-state index is 6.91. The molecule has 0 unspecified atom stereocenters. The van der Waals surface area contributed by atoms with E-state index in [1.54, 1.807) is 0 Å². The second-order valence-corrected chi connectivity index (χ2v) is 23.4. The summed E-state index contributed by atoms with van der Waals surface area (Å²) < 4.78 is 12.4. The van der Waals surface area contributed by atoms with Gasteiger partial charge in [0.25, 0.3) is 0 Å². The van der Waals surface area contributed by atoms with E-state index < -0.39 is 0 Å². The van der Waals surface area contributed by atoms with E-state index in [1.165, 1.54) is 141 Å². The van der Waals surface area contributed by atoms with Crippen LogP contribution in [-0.2, 0) is 21.7 Å². The van der Waals surface area contributed by atoms with Crippen LogP contribution in [0.15, 0.2) is 108 Å². The van der Waals surface area contributed by atoms with Crippen LogP contribution in [-0.4, -0.2) is 11.3 Å². The molecule has 0 saturated carbocycles. The summed E-state index contributed by atoms with van der Waals surface area (Å²) in [5.41, 5.74) is 23.9. The van der Waals surface area contributed by atoms with Crippen molar-refractivity contribution < 1.29 is 4.42 Å². The average Bonchev–Trinajstić information content (AvgIpc) is 3.92. The summed E-state index contributed by atoms with van der Waals surface area (Å²) in [5, 5.41) is 3.74. The predicted octanol–water partition coefficient (Wildman–Crippen LogP) is 15.2. The van der Waals surface area contributed by atoms with Crippen LogP contribution in [0.2, 0.25) is 0 Å². The van der Waals surface area contributed by atoms with Gasteiger partial charge >= 0.3 is 6.85 Å². The molecule has 0 N–H and O–H groups in total.